The minimum absolute atomic E-state index is 0.0405. The third kappa shape index (κ3) is 5.22. The number of benzene rings is 2. The maximum absolute atomic E-state index is 12.9. The fraction of sp³-hybridized carbons (Fsp3) is 0.235. The molecule has 0 fully saturated rings. The largest absolute Gasteiger partial charge is 0.506 e. The van der Waals surface area contributed by atoms with Gasteiger partial charge in [-0.1, -0.05) is 22.9 Å². The predicted molar refractivity (Wildman–Crippen MR) is 98.0 cm³/mol. The minimum atomic E-state index is -4.48. The molecule has 134 valence electrons. The highest BCUT2D eigenvalue weighted by Gasteiger charge is 2.31. The molecule has 8 heteroatoms. The summed E-state index contributed by atoms with van der Waals surface area (Å²) >= 11 is 6.48. The maximum Gasteiger partial charge on any atom is 0.416 e. The number of aliphatic imine (C=N–C) groups is 1. The van der Waals surface area contributed by atoms with E-state index in [4.69, 9.17) is 4.74 Å². The van der Waals surface area contributed by atoms with Crippen LogP contribution < -0.4 is 4.74 Å². The molecule has 2 aromatic carbocycles. The van der Waals surface area contributed by atoms with E-state index in [9.17, 15) is 18.3 Å². The fourth-order valence-electron chi connectivity index (χ4n) is 1.95. The molecule has 0 amide bonds. The summed E-state index contributed by atoms with van der Waals surface area (Å²) in [5.74, 6) is 0.189. The summed E-state index contributed by atoms with van der Waals surface area (Å²) in [6, 6.07) is 6.38. The maximum atomic E-state index is 12.9. The SMILES string of the molecule is CCCOc1ccc(C(F)(F)F)cc1N=Cc1cc(Br)cc(Br)c1O. The first kappa shape index (κ1) is 19.8. The summed E-state index contributed by atoms with van der Waals surface area (Å²) in [5, 5.41) is 10.0. The lowest BCUT2D eigenvalue weighted by atomic mass is 10.1. The number of hydrogen-bond acceptors (Lipinski definition) is 3. The average molecular weight is 481 g/mol. The van der Waals surface area contributed by atoms with Gasteiger partial charge in [0.1, 0.15) is 17.2 Å². The van der Waals surface area contributed by atoms with Crippen LogP contribution in [0.15, 0.2) is 44.3 Å². The van der Waals surface area contributed by atoms with Crippen LogP contribution >= 0.6 is 31.9 Å². The van der Waals surface area contributed by atoms with Crippen LogP contribution in [-0.2, 0) is 6.18 Å². The predicted octanol–water partition coefficient (Wildman–Crippen LogP) is 6.48. The van der Waals surface area contributed by atoms with Crippen molar-refractivity contribution in [3.63, 3.8) is 0 Å². The van der Waals surface area contributed by atoms with Crippen molar-refractivity contribution in [2.45, 2.75) is 19.5 Å². The van der Waals surface area contributed by atoms with Gasteiger partial charge in [0.05, 0.1) is 16.6 Å². The zero-order chi connectivity index (χ0) is 18.6. The summed E-state index contributed by atoms with van der Waals surface area (Å²) in [5.41, 5.74) is -0.429. The van der Waals surface area contributed by atoms with Crippen molar-refractivity contribution in [3.05, 3.63) is 50.4 Å². The highest BCUT2D eigenvalue weighted by molar-refractivity contribution is 9.11. The van der Waals surface area contributed by atoms with Crippen LogP contribution in [0.25, 0.3) is 0 Å². The van der Waals surface area contributed by atoms with Gasteiger partial charge in [0.2, 0.25) is 0 Å². The Labute approximate surface area is 159 Å². The number of halogens is 5. The summed E-state index contributed by atoms with van der Waals surface area (Å²) in [6.45, 7) is 2.26. The van der Waals surface area contributed by atoms with Crippen LogP contribution in [0.5, 0.6) is 11.5 Å². The van der Waals surface area contributed by atoms with Crippen LogP contribution in [0, 0.1) is 0 Å². The Kier molecular flexibility index (Phi) is 6.51. The molecule has 0 aliphatic rings. The zero-order valence-electron chi connectivity index (χ0n) is 13.1. The minimum Gasteiger partial charge on any atom is -0.506 e. The molecule has 0 aliphatic heterocycles. The molecule has 0 saturated heterocycles. The quantitative estimate of drug-likeness (QED) is 0.498. The molecular weight excluding hydrogens is 467 g/mol. The molecule has 1 N–H and O–H groups in total. The molecule has 0 aromatic heterocycles. The lowest BCUT2D eigenvalue weighted by Crippen LogP contribution is -2.05. The van der Waals surface area contributed by atoms with Crippen molar-refractivity contribution in [3.8, 4) is 11.5 Å². The van der Waals surface area contributed by atoms with E-state index < -0.39 is 11.7 Å². The second-order valence-corrected chi connectivity index (χ2v) is 6.88. The number of aromatic hydroxyl groups is 1. The number of ether oxygens (including phenoxy) is 1. The van der Waals surface area contributed by atoms with Crippen LogP contribution in [0.1, 0.15) is 24.5 Å². The number of nitrogens with zero attached hydrogens (tertiary/aromatic N) is 1. The van der Waals surface area contributed by atoms with Crippen LogP contribution in [0.4, 0.5) is 18.9 Å². The highest BCUT2D eigenvalue weighted by Crippen LogP contribution is 2.37. The van der Waals surface area contributed by atoms with E-state index in [1.807, 2.05) is 6.92 Å². The Morgan fingerprint density at radius 1 is 1.20 bits per heavy atom. The second kappa shape index (κ2) is 8.23. The number of phenols is 1. The molecule has 25 heavy (non-hydrogen) atoms. The fourth-order valence-corrected chi connectivity index (χ4v) is 3.21. The first-order valence-electron chi connectivity index (χ1n) is 7.28. The van der Waals surface area contributed by atoms with E-state index in [1.165, 1.54) is 12.3 Å². The van der Waals surface area contributed by atoms with Gasteiger partial charge in [0, 0.05) is 16.3 Å². The Hall–Kier alpha value is -1.54. The molecule has 0 aliphatic carbocycles. The Balaban J connectivity index is 2.45. The van der Waals surface area contributed by atoms with Crippen LogP contribution in [0.2, 0.25) is 0 Å². The van der Waals surface area contributed by atoms with Gasteiger partial charge < -0.3 is 9.84 Å². The lowest BCUT2D eigenvalue weighted by Gasteiger charge is -2.12. The molecule has 3 nitrogen and oxygen atoms in total. The van der Waals surface area contributed by atoms with Gasteiger partial charge in [0.15, 0.2) is 0 Å². The van der Waals surface area contributed by atoms with Gasteiger partial charge in [-0.3, -0.25) is 4.99 Å². The van der Waals surface area contributed by atoms with E-state index in [2.05, 4.69) is 36.9 Å². The molecule has 0 atom stereocenters. The molecule has 2 aromatic rings. The van der Waals surface area contributed by atoms with Crippen molar-refractivity contribution in [1.29, 1.82) is 0 Å². The molecule has 0 unspecified atom stereocenters. The molecule has 0 saturated carbocycles. The number of phenolic OH excluding ortho intramolecular Hbond substituents is 1. The van der Waals surface area contributed by atoms with E-state index >= 15 is 0 Å². The number of rotatable bonds is 5. The first-order valence-corrected chi connectivity index (χ1v) is 8.87. The van der Waals surface area contributed by atoms with Gasteiger partial charge >= 0.3 is 6.18 Å². The molecular formula is C17H14Br2F3NO2. The smallest absolute Gasteiger partial charge is 0.416 e. The Morgan fingerprint density at radius 3 is 2.56 bits per heavy atom. The summed E-state index contributed by atoms with van der Waals surface area (Å²) < 4.78 is 45.4. The first-order chi connectivity index (χ1) is 11.7. The van der Waals surface area contributed by atoms with E-state index in [0.29, 0.717) is 27.5 Å². The zero-order valence-corrected chi connectivity index (χ0v) is 16.2. The number of alkyl halides is 3. The summed E-state index contributed by atoms with van der Waals surface area (Å²) in [4.78, 5) is 4.09. The number of hydrogen-bond donors (Lipinski definition) is 1. The van der Waals surface area contributed by atoms with Gasteiger partial charge in [-0.15, -0.1) is 0 Å². The molecule has 0 spiro atoms. The summed E-state index contributed by atoms with van der Waals surface area (Å²) in [7, 11) is 0. The third-order valence-electron chi connectivity index (χ3n) is 3.15. The van der Waals surface area contributed by atoms with Crippen molar-refractivity contribution in [1.82, 2.24) is 0 Å². The van der Waals surface area contributed by atoms with E-state index in [-0.39, 0.29) is 17.2 Å². The molecule has 2 rings (SSSR count). The standard InChI is InChI=1S/C17H14Br2F3NO2/c1-2-5-25-15-4-3-11(17(20,21)22)7-14(15)23-9-10-6-12(18)8-13(19)16(10)24/h3-4,6-9,24H,2,5H2,1H3. The highest BCUT2D eigenvalue weighted by atomic mass is 79.9. The third-order valence-corrected chi connectivity index (χ3v) is 4.21. The molecule has 0 radical (unpaired) electrons. The average Bonchev–Trinajstić information content (AvgIpc) is 2.54. The second-order valence-electron chi connectivity index (χ2n) is 5.11. The summed E-state index contributed by atoms with van der Waals surface area (Å²) in [6.07, 6.45) is -2.48. The van der Waals surface area contributed by atoms with Crippen LogP contribution in [0.3, 0.4) is 0 Å². The van der Waals surface area contributed by atoms with Crippen molar-refractivity contribution < 1.29 is 23.0 Å². The van der Waals surface area contributed by atoms with Crippen molar-refractivity contribution in [2.75, 3.05) is 6.61 Å². The van der Waals surface area contributed by atoms with Crippen molar-refractivity contribution >= 4 is 43.8 Å². The van der Waals surface area contributed by atoms with E-state index in [0.717, 1.165) is 12.1 Å². The lowest BCUT2D eigenvalue weighted by molar-refractivity contribution is -0.137. The van der Waals surface area contributed by atoms with Gasteiger partial charge in [-0.2, -0.15) is 13.2 Å². The van der Waals surface area contributed by atoms with Gasteiger partial charge in [-0.25, -0.2) is 0 Å². The Bertz CT molecular complexity index is 792. The van der Waals surface area contributed by atoms with E-state index in [1.54, 1.807) is 12.1 Å². The van der Waals surface area contributed by atoms with Gasteiger partial charge in [0.25, 0.3) is 0 Å². The topological polar surface area (TPSA) is 41.8 Å². The van der Waals surface area contributed by atoms with Crippen molar-refractivity contribution in [2.24, 2.45) is 4.99 Å². The molecule has 0 bridgehead atoms. The normalized spacial score (nSPS) is 11.9. The Morgan fingerprint density at radius 2 is 1.92 bits per heavy atom. The van der Waals surface area contributed by atoms with Crippen LogP contribution in [-0.4, -0.2) is 17.9 Å². The molecule has 0 heterocycles. The monoisotopic (exact) mass is 479 g/mol. The van der Waals surface area contributed by atoms with Gasteiger partial charge in [-0.05, 0) is 52.7 Å².